The summed E-state index contributed by atoms with van der Waals surface area (Å²) < 4.78 is 4.80. The average molecular weight is 304 g/mol. The van der Waals surface area contributed by atoms with Crippen molar-refractivity contribution in [3.05, 3.63) is 29.3 Å². The van der Waals surface area contributed by atoms with Gasteiger partial charge in [0.05, 0.1) is 18.5 Å². The highest BCUT2D eigenvalue weighted by Crippen LogP contribution is 2.19. The summed E-state index contributed by atoms with van der Waals surface area (Å²) in [6.07, 6.45) is -0.0419. The van der Waals surface area contributed by atoms with E-state index in [1.807, 2.05) is 12.1 Å². The number of ether oxygens (including phenoxy) is 1. The van der Waals surface area contributed by atoms with E-state index in [9.17, 15) is 9.90 Å². The Balaban J connectivity index is 2.16. The van der Waals surface area contributed by atoms with Crippen LogP contribution in [0.5, 0.6) is 0 Å². The molecule has 0 fully saturated rings. The number of hydrogen-bond acceptors (Lipinski definition) is 4. The van der Waals surface area contributed by atoms with Crippen LogP contribution in [0.4, 0.5) is 0 Å². The number of aliphatic hydroxyl groups excluding tert-OH is 1. The number of benzene rings is 1. The quantitative estimate of drug-likeness (QED) is 0.721. The maximum atomic E-state index is 11.6. The summed E-state index contributed by atoms with van der Waals surface area (Å²) in [4.78, 5) is 12.6. The number of methoxy groups -OCH3 is 1. The van der Waals surface area contributed by atoms with E-state index in [1.54, 1.807) is 12.1 Å². The predicted molar refractivity (Wildman–Crippen MR) is 77.7 cm³/mol. The van der Waals surface area contributed by atoms with Crippen LogP contribution in [0.3, 0.4) is 0 Å². The van der Waals surface area contributed by atoms with Crippen LogP contribution >= 0.6 is 23.4 Å². The summed E-state index contributed by atoms with van der Waals surface area (Å²) in [6, 6.07) is 7.34. The standard InChI is InChI=1S/C13H18ClNO3S/c1-18-8-11(16)6-7-15-13(17)9-19-12-4-2-10(14)3-5-12/h2-5,11,16H,6-9H2,1H3,(H,15,17). The summed E-state index contributed by atoms with van der Waals surface area (Å²) in [5.74, 6) is 0.298. The lowest BCUT2D eigenvalue weighted by Crippen LogP contribution is -2.29. The molecule has 19 heavy (non-hydrogen) atoms. The molecular formula is C13H18ClNO3S. The van der Waals surface area contributed by atoms with E-state index in [2.05, 4.69) is 5.32 Å². The average Bonchev–Trinajstić information content (AvgIpc) is 2.38. The zero-order chi connectivity index (χ0) is 14.1. The molecule has 0 saturated heterocycles. The van der Waals surface area contributed by atoms with E-state index in [0.717, 1.165) is 4.90 Å². The van der Waals surface area contributed by atoms with Crippen LogP contribution in [-0.4, -0.2) is 43.1 Å². The first-order chi connectivity index (χ1) is 9.11. The summed E-state index contributed by atoms with van der Waals surface area (Å²) >= 11 is 7.22. The zero-order valence-electron chi connectivity index (χ0n) is 10.8. The van der Waals surface area contributed by atoms with Gasteiger partial charge in [0.25, 0.3) is 0 Å². The number of rotatable bonds is 8. The van der Waals surface area contributed by atoms with Crippen LogP contribution in [0, 0.1) is 0 Å². The molecule has 1 unspecified atom stereocenters. The highest BCUT2D eigenvalue weighted by Gasteiger charge is 2.06. The van der Waals surface area contributed by atoms with Gasteiger partial charge in [-0.2, -0.15) is 0 Å². The zero-order valence-corrected chi connectivity index (χ0v) is 12.3. The topological polar surface area (TPSA) is 58.6 Å². The van der Waals surface area contributed by atoms with E-state index in [4.69, 9.17) is 16.3 Å². The predicted octanol–water partition coefficient (Wildman–Crippen LogP) is 1.95. The van der Waals surface area contributed by atoms with Crippen LogP contribution < -0.4 is 5.32 Å². The molecule has 106 valence electrons. The Labute approximate surface area is 122 Å². The molecular weight excluding hydrogens is 286 g/mol. The first-order valence-electron chi connectivity index (χ1n) is 5.94. The highest BCUT2D eigenvalue weighted by atomic mass is 35.5. The van der Waals surface area contributed by atoms with Crippen molar-refractivity contribution in [3.63, 3.8) is 0 Å². The second kappa shape index (κ2) is 9.20. The molecule has 0 radical (unpaired) electrons. The molecule has 4 nitrogen and oxygen atoms in total. The summed E-state index contributed by atoms with van der Waals surface area (Å²) in [5, 5.41) is 12.8. The Bertz CT molecular complexity index is 386. The minimum atomic E-state index is -0.533. The van der Waals surface area contributed by atoms with E-state index in [1.165, 1.54) is 18.9 Å². The van der Waals surface area contributed by atoms with Crippen LogP contribution in [0.25, 0.3) is 0 Å². The minimum absolute atomic E-state index is 0.0513. The molecule has 1 rings (SSSR count). The molecule has 2 N–H and O–H groups in total. The number of nitrogens with one attached hydrogen (secondary N) is 1. The van der Waals surface area contributed by atoms with Crippen molar-refractivity contribution in [1.82, 2.24) is 5.32 Å². The SMILES string of the molecule is COCC(O)CCNC(=O)CSc1ccc(Cl)cc1. The van der Waals surface area contributed by atoms with E-state index in [-0.39, 0.29) is 12.5 Å². The van der Waals surface area contributed by atoms with Crippen molar-refractivity contribution < 1.29 is 14.6 Å². The molecule has 1 aromatic rings. The third-order valence-corrected chi connectivity index (χ3v) is 3.61. The van der Waals surface area contributed by atoms with Crippen LogP contribution in [0.15, 0.2) is 29.2 Å². The van der Waals surface area contributed by atoms with Crippen molar-refractivity contribution in [2.45, 2.75) is 17.4 Å². The first-order valence-corrected chi connectivity index (χ1v) is 7.30. The molecule has 0 bridgehead atoms. The van der Waals surface area contributed by atoms with Crippen molar-refractivity contribution in [1.29, 1.82) is 0 Å². The van der Waals surface area contributed by atoms with Gasteiger partial charge in [0, 0.05) is 23.6 Å². The Hall–Kier alpha value is -0.750. The van der Waals surface area contributed by atoms with E-state index >= 15 is 0 Å². The molecule has 1 aromatic carbocycles. The summed E-state index contributed by atoms with van der Waals surface area (Å²) in [7, 11) is 1.53. The van der Waals surface area contributed by atoms with Gasteiger partial charge in [-0.25, -0.2) is 0 Å². The smallest absolute Gasteiger partial charge is 0.230 e. The van der Waals surface area contributed by atoms with Crippen LogP contribution in [0.1, 0.15) is 6.42 Å². The van der Waals surface area contributed by atoms with Gasteiger partial charge in [-0.3, -0.25) is 4.79 Å². The number of amides is 1. The Morgan fingerprint density at radius 2 is 2.16 bits per heavy atom. The third-order valence-electron chi connectivity index (χ3n) is 2.34. The lowest BCUT2D eigenvalue weighted by atomic mass is 10.3. The monoisotopic (exact) mass is 303 g/mol. The lowest BCUT2D eigenvalue weighted by Gasteiger charge is -2.10. The number of halogens is 1. The number of thioether (sulfide) groups is 1. The minimum Gasteiger partial charge on any atom is -0.391 e. The molecule has 6 heteroatoms. The molecule has 0 saturated carbocycles. The second-order valence-corrected chi connectivity index (χ2v) is 5.48. The van der Waals surface area contributed by atoms with Gasteiger partial charge in [0.2, 0.25) is 5.91 Å². The molecule has 0 spiro atoms. The molecule has 1 atom stereocenters. The lowest BCUT2D eigenvalue weighted by molar-refractivity contribution is -0.118. The maximum Gasteiger partial charge on any atom is 0.230 e. The molecule has 1 amide bonds. The van der Waals surface area contributed by atoms with Gasteiger partial charge >= 0.3 is 0 Å². The normalized spacial score (nSPS) is 12.2. The summed E-state index contributed by atoms with van der Waals surface area (Å²) in [5.41, 5.74) is 0. The molecule has 0 aliphatic heterocycles. The maximum absolute atomic E-state index is 11.6. The number of carbonyl (C=O) groups excluding carboxylic acids is 1. The Morgan fingerprint density at radius 3 is 2.79 bits per heavy atom. The van der Waals surface area contributed by atoms with Gasteiger partial charge in [0.1, 0.15) is 0 Å². The van der Waals surface area contributed by atoms with Gasteiger partial charge in [-0.1, -0.05) is 11.6 Å². The van der Waals surface area contributed by atoms with Crippen molar-refractivity contribution in [2.24, 2.45) is 0 Å². The Morgan fingerprint density at radius 1 is 1.47 bits per heavy atom. The molecule has 0 aliphatic rings. The largest absolute Gasteiger partial charge is 0.391 e. The van der Waals surface area contributed by atoms with Gasteiger partial charge in [-0.15, -0.1) is 11.8 Å². The highest BCUT2D eigenvalue weighted by molar-refractivity contribution is 8.00. The molecule has 0 aromatic heterocycles. The number of carbonyl (C=O) groups is 1. The van der Waals surface area contributed by atoms with E-state index < -0.39 is 6.10 Å². The van der Waals surface area contributed by atoms with E-state index in [0.29, 0.717) is 23.7 Å². The Kier molecular flexibility index (Phi) is 7.90. The number of hydrogen-bond donors (Lipinski definition) is 2. The molecule has 0 heterocycles. The second-order valence-electron chi connectivity index (χ2n) is 3.99. The van der Waals surface area contributed by atoms with Crippen molar-refractivity contribution >= 4 is 29.3 Å². The van der Waals surface area contributed by atoms with Gasteiger partial charge < -0.3 is 15.2 Å². The van der Waals surface area contributed by atoms with Crippen molar-refractivity contribution in [2.75, 3.05) is 26.0 Å². The fourth-order valence-electron chi connectivity index (χ4n) is 1.38. The van der Waals surface area contributed by atoms with Crippen LogP contribution in [-0.2, 0) is 9.53 Å². The first kappa shape index (κ1) is 16.3. The summed E-state index contributed by atoms with van der Waals surface area (Å²) in [6.45, 7) is 0.736. The van der Waals surface area contributed by atoms with Gasteiger partial charge in [0.15, 0.2) is 0 Å². The fraction of sp³-hybridized carbons (Fsp3) is 0.462. The molecule has 0 aliphatic carbocycles. The third kappa shape index (κ3) is 7.42. The van der Waals surface area contributed by atoms with Crippen LogP contribution in [0.2, 0.25) is 5.02 Å². The van der Waals surface area contributed by atoms with Gasteiger partial charge in [-0.05, 0) is 30.7 Å². The van der Waals surface area contributed by atoms with Crippen molar-refractivity contribution in [3.8, 4) is 0 Å². The fourth-order valence-corrected chi connectivity index (χ4v) is 2.24. The number of aliphatic hydroxyl groups is 1.